The minimum Gasteiger partial charge on any atom is -0.259 e. The van der Waals surface area contributed by atoms with E-state index in [9.17, 15) is 0 Å². The van der Waals surface area contributed by atoms with Gasteiger partial charge in [0.05, 0.1) is 0 Å². The van der Waals surface area contributed by atoms with Crippen LogP contribution in [0.5, 0.6) is 0 Å². The average molecular weight is 255 g/mol. The van der Waals surface area contributed by atoms with Gasteiger partial charge >= 0.3 is 0 Å². The summed E-state index contributed by atoms with van der Waals surface area (Å²) >= 11 is 0. The number of hydrogen-bond donors (Lipinski definition) is 1. The fraction of sp³-hybridized carbons (Fsp3) is 0.800. The fourth-order valence-corrected chi connectivity index (χ4v) is 4.18. The molecule has 100 valence electrons. The molecule has 1 heterocycles. The molecule has 0 amide bonds. The van der Waals surface area contributed by atoms with E-state index in [4.69, 9.17) is 0 Å². The van der Waals surface area contributed by atoms with Crippen LogP contribution in [0.2, 0.25) is 0 Å². The molecule has 1 unspecified atom stereocenters. The van der Waals surface area contributed by atoms with Crippen molar-refractivity contribution in [2.24, 2.45) is 4.99 Å². The van der Waals surface area contributed by atoms with E-state index in [0.29, 0.717) is 0 Å². The van der Waals surface area contributed by atoms with Crippen LogP contribution >= 0.6 is 10.9 Å². The maximum atomic E-state index is 4.37. The summed E-state index contributed by atoms with van der Waals surface area (Å²) in [5.74, 6) is 1.39. The molecule has 1 aliphatic heterocycles. The third-order valence-corrected chi connectivity index (χ3v) is 5.62. The van der Waals surface area contributed by atoms with Crippen molar-refractivity contribution in [1.82, 2.24) is 0 Å². The highest BCUT2D eigenvalue weighted by Gasteiger charge is 2.11. The summed E-state index contributed by atoms with van der Waals surface area (Å²) in [7, 11) is 0.0248. The monoisotopic (exact) mass is 255 g/mol. The Morgan fingerprint density at radius 3 is 2.41 bits per heavy atom. The first-order chi connectivity index (χ1) is 8.38. The molecule has 0 radical (unpaired) electrons. The summed E-state index contributed by atoms with van der Waals surface area (Å²) in [6, 6.07) is 0. The summed E-state index contributed by atoms with van der Waals surface area (Å²) in [6.07, 6.45) is 14.5. The van der Waals surface area contributed by atoms with Gasteiger partial charge in [-0.05, 0) is 29.9 Å². The van der Waals surface area contributed by atoms with Crippen molar-refractivity contribution in [2.75, 3.05) is 5.75 Å². The molecule has 1 nitrogen and oxygen atoms in total. The Labute approximate surface area is 110 Å². The van der Waals surface area contributed by atoms with Crippen LogP contribution in [0.4, 0.5) is 0 Å². The minimum absolute atomic E-state index is 0.0248. The highest BCUT2D eigenvalue weighted by molar-refractivity contribution is 8.31. The van der Waals surface area contributed by atoms with Crippen LogP contribution in [0.3, 0.4) is 0 Å². The summed E-state index contributed by atoms with van der Waals surface area (Å²) in [5, 5.41) is 0. The van der Waals surface area contributed by atoms with Gasteiger partial charge in [0.25, 0.3) is 0 Å². The molecular formula is C15H29NS. The van der Waals surface area contributed by atoms with E-state index in [1.165, 1.54) is 63.5 Å². The lowest BCUT2D eigenvalue weighted by Crippen LogP contribution is -1.92. The van der Waals surface area contributed by atoms with Crippen LogP contribution in [0.1, 0.15) is 71.6 Å². The summed E-state index contributed by atoms with van der Waals surface area (Å²) in [5.41, 5.74) is 2.23. The normalized spacial score (nSPS) is 20.8. The number of allylic oxidation sites excluding steroid dienone is 1. The first kappa shape index (κ1) is 14.8. The molecule has 0 saturated heterocycles. The van der Waals surface area contributed by atoms with Gasteiger partial charge in [-0.3, -0.25) is 4.99 Å². The molecule has 0 spiro atoms. The first-order valence-electron chi connectivity index (χ1n) is 7.37. The standard InChI is InChI=1S/C15H29NS/c1-3-5-7-8-9-10-12-17-14-16-13-15(17)11-6-4-2/h13-14,17H,3-12H2,1-2H3. The predicted octanol–water partition coefficient (Wildman–Crippen LogP) is 5.42. The molecule has 0 fully saturated rings. The summed E-state index contributed by atoms with van der Waals surface area (Å²) < 4.78 is 0. The Morgan fingerprint density at radius 1 is 0.941 bits per heavy atom. The second-order valence-corrected chi connectivity index (χ2v) is 7.14. The number of unbranched alkanes of at least 4 members (excludes halogenated alkanes) is 6. The Balaban J connectivity index is 2.06. The van der Waals surface area contributed by atoms with Crippen LogP contribution in [0, 0.1) is 0 Å². The maximum Gasteiger partial charge on any atom is 0.0438 e. The van der Waals surface area contributed by atoms with Gasteiger partial charge in [0, 0.05) is 11.7 Å². The van der Waals surface area contributed by atoms with Crippen molar-refractivity contribution in [3.8, 4) is 0 Å². The van der Waals surface area contributed by atoms with Crippen LogP contribution in [0.25, 0.3) is 0 Å². The van der Waals surface area contributed by atoms with Crippen LogP contribution in [-0.2, 0) is 0 Å². The second-order valence-electron chi connectivity index (χ2n) is 4.95. The van der Waals surface area contributed by atoms with Gasteiger partial charge in [-0.2, -0.15) is 10.9 Å². The molecule has 0 N–H and O–H groups in total. The number of aliphatic imine (C=N–C) groups is 1. The number of rotatable bonds is 10. The smallest absolute Gasteiger partial charge is 0.0438 e. The Kier molecular flexibility index (Phi) is 8.50. The summed E-state index contributed by atoms with van der Waals surface area (Å²) in [4.78, 5) is 6.02. The SMILES string of the molecule is CCCCCCCC[SH]1C=NC=C1CCCC. The lowest BCUT2D eigenvalue weighted by molar-refractivity contribution is 0.627. The molecule has 0 aliphatic carbocycles. The van der Waals surface area contributed by atoms with Gasteiger partial charge < -0.3 is 0 Å². The molecule has 17 heavy (non-hydrogen) atoms. The van der Waals surface area contributed by atoms with E-state index >= 15 is 0 Å². The first-order valence-corrected chi connectivity index (χ1v) is 8.97. The maximum absolute atomic E-state index is 4.37. The Bertz CT molecular complexity index is 245. The van der Waals surface area contributed by atoms with Gasteiger partial charge in [-0.1, -0.05) is 52.4 Å². The largest absolute Gasteiger partial charge is 0.259 e. The lowest BCUT2D eigenvalue weighted by atomic mass is 10.1. The second kappa shape index (κ2) is 9.76. The molecule has 0 aromatic heterocycles. The van der Waals surface area contributed by atoms with Crippen molar-refractivity contribution in [1.29, 1.82) is 0 Å². The van der Waals surface area contributed by atoms with Crippen LogP contribution in [0.15, 0.2) is 16.1 Å². The van der Waals surface area contributed by atoms with Gasteiger partial charge in [-0.25, -0.2) is 0 Å². The van der Waals surface area contributed by atoms with Gasteiger partial charge in [-0.15, -0.1) is 0 Å². The van der Waals surface area contributed by atoms with Crippen molar-refractivity contribution < 1.29 is 0 Å². The summed E-state index contributed by atoms with van der Waals surface area (Å²) in [6.45, 7) is 4.55. The topological polar surface area (TPSA) is 12.4 Å². The zero-order valence-electron chi connectivity index (χ0n) is 11.6. The fourth-order valence-electron chi connectivity index (χ4n) is 2.18. The van der Waals surface area contributed by atoms with Crippen LogP contribution < -0.4 is 0 Å². The van der Waals surface area contributed by atoms with Gasteiger partial charge in [0.15, 0.2) is 0 Å². The van der Waals surface area contributed by atoms with Crippen molar-refractivity contribution in [2.45, 2.75) is 71.6 Å². The lowest BCUT2D eigenvalue weighted by Gasteiger charge is -2.16. The average Bonchev–Trinajstić information content (AvgIpc) is 2.78. The number of nitrogens with zero attached hydrogens (tertiary/aromatic N) is 1. The van der Waals surface area contributed by atoms with Gasteiger partial charge in [0.1, 0.15) is 0 Å². The molecule has 1 aliphatic rings. The van der Waals surface area contributed by atoms with E-state index < -0.39 is 0 Å². The third-order valence-electron chi connectivity index (χ3n) is 3.34. The minimum atomic E-state index is 0.0248. The molecule has 1 rings (SSSR count). The van der Waals surface area contributed by atoms with E-state index in [1.807, 2.05) is 0 Å². The van der Waals surface area contributed by atoms with E-state index in [0.717, 1.165) is 0 Å². The third kappa shape index (κ3) is 6.30. The number of hydrogen-bond acceptors (Lipinski definition) is 1. The van der Waals surface area contributed by atoms with E-state index in [2.05, 4.69) is 30.6 Å². The van der Waals surface area contributed by atoms with Crippen molar-refractivity contribution in [3.63, 3.8) is 0 Å². The Hall–Kier alpha value is -0.240. The van der Waals surface area contributed by atoms with E-state index in [-0.39, 0.29) is 10.9 Å². The van der Waals surface area contributed by atoms with E-state index in [1.54, 1.807) is 4.91 Å². The van der Waals surface area contributed by atoms with Crippen molar-refractivity contribution >= 4 is 16.4 Å². The van der Waals surface area contributed by atoms with Crippen molar-refractivity contribution in [3.05, 3.63) is 11.1 Å². The molecular weight excluding hydrogens is 226 g/mol. The zero-order valence-corrected chi connectivity index (χ0v) is 12.5. The highest BCUT2D eigenvalue weighted by Crippen LogP contribution is 2.40. The van der Waals surface area contributed by atoms with Crippen LogP contribution in [-0.4, -0.2) is 11.3 Å². The predicted molar refractivity (Wildman–Crippen MR) is 83.3 cm³/mol. The highest BCUT2D eigenvalue weighted by atomic mass is 32.2. The Morgan fingerprint density at radius 2 is 1.65 bits per heavy atom. The molecule has 0 aromatic rings. The molecule has 1 atom stereocenters. The van der Waals surface area contributed by atoms with Gasteiger partial charge in [0.2, 0.25) is 0 Å². The molecule has 0 saturated carbocycles. The molecule has 2 heteroatoms. The zero-order chi connectivity index (χ0) is 12.3. The molecule has 0 aromatic carbocycles. The quantitative estimate of drug-likeness (QED) is 0.395. The molecule has 0 bridgehead atoms. The number of thiol groups is 1.